The maximum atomic E-state index is 12.5. The lowest BCUT2D eigenvalue weighted by atomic mass is 10.1. The molecule has 1 amide bonds. The normalized spacial score (nSPS) is 14.2. The standard InChI is InChI=1S/C20H21N5O3/c1-14-11-18(23-28-14)20(26)25-9-7-24(8-10-25)19-12-17(21-13-22-19)15-3-5-16(27-2)6-4-15/h3-6,11-13H,7-10H2,1-2H3. The molecule has 0 unspecified atom stereocenters. The summed E-state index contributed by atoms with van der Waals surface area (Å²) in [5.41, 5.74) is 2.21. The van der Waals surface area contributed by atoms with Crippen LogP contribution in [0.15, 0.2) is 47.2 Å². The number of nitrogens with zero attached hydrogens (tertiary/aromatic N) is 5. The number of carbonyl (C=O) groups is 1. The summed E-state index contributed by atoms with van der Waals surface area (Å²) in [5.74, 6) is 2.19. The molecular weight excluding hydrogens is 358 g/mol. The van der Waals surface area contributed by atoms with E-state index < -0.39 is 0 Å². The van der Waals surface area contributed by atoms with Gasteiger partial charge in [-0.2, -0.15) is 0 Å². The van der Waals surface area contributed by atoms with Crippen LogP contribution in [0.25, 0.3) is 11.3 Å². The lowest BCUT2D eigenvalue weighted by molar-refractivity contribution is 0.0736. The Hall–Kier alpha value is -3.42. The number of ether oxygens (including phenoxy) is 1. The quantitative estimate of drug-likeness (QED) is 0.688. The largest absolute Gasteiger partial charge is 0.497 e. The molecule has 144 valence electrons. The van der Waals surface area contributed by atoms with Crippen LogP contribution in [0.2, 0.25) is 0 Å². The van der Waals surface area contributed by atoms with Crippen molar-refractivity contribution >= 4 is 11.7 Å². The molecule has 8 nitrogen and oxygen atoms in total. The summed E-state index contributed by atoms with van der Waals surface area (Å²) >= 11 is 0. The Morgan fingerprint density at radius 3 is 2.46 bits per heavy atom. The van der Waals surface area contributed by atoms with E-state index in [1.165, 1.54) is 0 Å². The Morgan fingerprint density at radius 2 is 1.82 bits per heavy atom. The average Bonchev–Trinajstić information content (AvgIpc) is 3.20. The molecule has 0 radical (unpaired) electrons. The van der Waals surface area contributed by atoms with Crippen LogP contribution >= 0.6 is 0 Å². The van der Waals surface area contributed by atoms with Crippen molar-refractivity contribution in [2.45, 2.75) is 6.92 Å². The molecule has 3 heterocycles. The maximum Gasteiger partial charge on any atom is 0.276 e. The number of piperazine rings is 1. The summed E-state index contributed by atoms with van der Waals surface area (Å²) in [7, 11) is 1.64. The first-order valence-electron chi connectivity index (χ1n) is 9.08. The maximum absolute atomic E-state index is 12.5. The van der Waals surface area contributed by atoms with Gasteiger partial charge in [-0.05, 0) is 31.2 Å². The van der Waals surface area contributed by atoms with E-state index in [9.17, 15) is 4.79 Å². The van der Waals surface area contributed by atoms with Crippen LogP contribution in [0.1, 0.15) is 16.2 Å². The molecule has 1 aliphatic heterocycles. The van der Waals surface area contributed by atoms with E-state index in [0.717, 1.165) is 22.8 Å². The first kappa shape index (κ1) is 18.0. The van der Waals surface area contributed by atoms with Gasteiger partial charge in [0.2, 0.25) is 0 Å². The molecule has 0 saturated carbocycles. The molecule has 1 fully saturated rings. The molecule has 1 aliphatic rings. The highest BCUT2D eigenvalue weighted by molar-refractivity contribution is 5.92. The minimum absolute atomic E-state index is 0.0990. The molecule has 0 atom stereocenters. The fourth-order valence-corrected chi connectivity index (χ4v) is 3.21. The number of hydrogen-bond acceptors (Lipinski definition) is 7. The van der Waals surface area contributed by atoms with E-state index in [2.05, 4.69) is 20.0 Å². The van der Waals surface area contributed by atoms with E-state index in [1.54, 1.807) is 31.3 Å². The van der Waals surface area contributed by atoms with Crippen LogP contribution < -0.4 is 9.64 Å². The molecular formula is C20H21N5O3. The average molecular weight is 379 g/mol. The van der Waals surface area contributed by atoms with Crippen LogP contribution in [-0.4, -0.2) is 59.2 Å². The Morgan fingerprint density at radius 1 is 1.07 bits per heavy atom. The molecule has 1 aromatic carbocycles. The Balaban J connectivity index is 1.44. The van der Waals surface area contributed by atoms with Crippen molar-refractivity contribution in [1.82, 2.24) is 20.0 Å². The van der Waals surface area contributed by atoms with Crippen molar-refractivity contribution in [1.29, 1.82) is 0 Å². The molecule has 0 N–H and O–H groups in total. The number of amides is 1. The van der Waals surface area contributed by atoms with Crippen LogP contribution in [0, 0.1) is 6.92 Å². The number of benzene rings is 1. The molecule has 0 bridgehead atoms. The zero-order chi connectivity index (χ0) is 19.5. The highest BCUT2D eigenvalue weighted by Gasteiger charge is 2.25. The van der Waals surface area contributed by atoms with E-state index in [1.807, 2.05) is 30.3 Å². The smallest absolute Gasteiger partial charge is 0.276 e. The zero-order valence-electron chi connectivity index (χ0n) is 15.8. The number of rotatable bonds is 4. The fraction of sp³-hybridized carbons (Fsp3) is 0.300. The summed E-state index contributed by atoms with van der Waals surface area (Å²) in [6.07, 6.45) is 1.57. The van der Waals surface area contributed by atoms with Gasteiger partial charge in [0.05, 0.1) is 12.8 Å². The van der Waals surface area contributed by atoms with Crippen molar-refractivity contribution in [3.8, 4) is 17.0 Å². The Labute approximate surface area is 162 Å². The zero-order valence-corrected chi connectivity index (χ0v) is 15.8. The predicted molar refractivity (Wildman–Crippen MR) is 103 cm³/mol. The molecule has 28 heavy (non-hydrogen) atoms. The van der Waals surface area contributed by atoms with Crippen LogP contribution in [-0.2, 0) is 0 Å². The van der Waals surface area contributed by atoms with Gasteiger partial charge in [0.25, 0.3) is 5.91 Å². The van der Waals surface area contributed by atoms with Crippen molar-refractivity contribution in [2.24, 2.45) is 0 Å². The van der Waals surface area contributed by atoms with Gasteiger partial charge in [-0.1, -0.05) is 5.16 Å². The monoisotopic (exact) mass is 379 g/mol. The van der Waals surface area contributed by atoms with E-state index >= 15 is 0 Å². The van der Waals surface area contributed by atoms with Gasteiger partial charge in [-0.3, -0.25) is 4.79 Å². The minimum Gasteiger partial charge on any atom is -0.497 e. The number of hydrogen-bond donors (Lipinski definition) is 0. The van der Waals surface area contributed by atoms with Crippen molar-refractivity contribution in [3.63, 3.8) is 0 Å². The minimum atomic E-state index is -0.0990. The van der Waals surface area contributed by atoms with Crippen LogP contribution in [0.5, 0.6) is 5.75 Å². The van der Waals surface area contributed by atoms with Crippen LogP contribution in [0.4, 0.5) is 5.82 Å². The number of anilines is 1. The van der Waals surface area contributed by atoms with E-state index in [4.69, 9.17) is 9.26 Å². The summed E-state index contributed by atoms with van der Waals surface area (Å²) in [4.78, 5) is 25.2. The fourth-order valence-electron chi connectivity index (χ4n) is 3.21. The number of aryl methyl sites for hydroxylation is 1. The Bertz CT molecular complexity index is 962. The number of carbonyl (C=O) groups excluding carboxylic acids is 1. The summed E-state index contributed by atoms with van der Waals surface area (Å²) in [6.45, 7) is 4.37. The van der Waals surface area contributed by atoms with Crippen molar-refractivity contribution in [2.75, 3.05) is 38.2 Å². The molecule has 3 aromatic rings. The van der Waals surface area contributed by atoms with Gasteiger partial charge < -0.3 is 19.1 Å². The Kier molecular flexibility index (Phi) is 4.92. The van der Waals surface area contributed by atoms with Crippen molar-refractivity contribution < 1.29 is 14.1 Å². The number of aromatic nitrogens is 3. The highest BCUT2D eigenvalue weighted by Crippen LogP contribution is 2.24. The molecule has 2 aromatic heterocycles. The second-order valence-corrected chi connectivity index (χ2v) is 6.59. The van der Waals surface area contributed by atoms with Gasteiger partial charge >= 0.3 is 0 Å². The second kappa shape index (κ2) is 7.67. The van der Waals surface area contributed by atoms with Gasteiger partial charge in [0.1, 0.15) is 23.7 Å². The van der Waals surface area contributed by atoms with Crippen molar-refractivity contribution in [3.05, 3.63) is 54.2 Å². The third kappa shape index (κ3) is 3.66. The summed E-state index contributed by atoms with van der Waals surface area (Å²) in [6, 6.07) is 11.4. The SMILES string of the molecule is COc1ccc(-c2cc(N3CCN(C(=O)c4cc(C)on4)CC3)ncn2)cc1. The first-order chi connectivity index (χ1) is 13.6. The van der Waals surface area contributed by atoms with Gasteiger partial charge in [-0.15, -0.1) is 0 Å². The lowest BCUT2D eigenvalue weighted by Gasteiger charge is -2.35. The first-order valence-corrected chi connectivity index (χ1v) is 9.08. The third-order valence-corrected chi connectivity index (χ3v) is 4.78. The summed E-state index contributed by atoms with van der Waals surface area (Å²) < 4.78 is 10.2. The molecule has 0 aliphatic carbocycles. The second-order valence-electron chi connectivity index (χ2n) is 6.59. The predicted octanol–water partition coefficient (Wildman–Crippen LogP) is 2.41. The van der Waals surface area contributed by atoms with E-state index in [-0.39, 0.29) is 5.91 Å². The van der Waals surface area contributed by atoms with Gasteiger partial charge in [-0.25, -0.2) is 9.97 Å². The van der Waals surface area contributed by atoms with E-state index in [0.29, 0.717) is 37.6 Å². The van der Waals surface area contributed by atoms with Gasteiger partial charge in [0.15, 0.2) is 5.69 Å². The highest BCUT2D eigenvalue weighted by atomic mass is 16.5. The third-order valence-electron chi connectivity index (χ3n) is 4.78. The topological polar surface area (TPSA) is 84.6 Å². The number of methoxy groups -OCH3 is 1. The molecule has 8 heteroatoms. The van der Waals surface area contributed by atoms with Crippen LogP contribution in [0.3, 0.4) is 0 Å². The van der Waals surface area contributed by atoms with Gasteiger partial charge in [0, 0.05) is 43.9 Å². The lowest BCUT2D eigenvalue weighted by Crippen LogP contribution is -2.49. The summed E-state index contributed by atoms with van der Waals surface area (Å²) in [5, 5.41) is 3.82. The molecule has 1 saturated heterocycles. The molecule has 4 rings (SSSR count). The molecule has 0 spiro atoms.